The Balaban J connectivity index is 2.55. The van der Waals surface area contributed by atoms with Crippen molar-refractivity contribution in [3.8, 4) is 0 Å². The van der Waals surface area contributed by atoms with Gasteiger partial charge in [0.05, 0.1) is 12.0 Å². The molecule has 19 heavy (non-hydrogen) atoms. The molecule has 0 radical (unpaired) electrons. The largest absolute Gasteiger partial charge is 0.461 e. The molecule has 1 heterocycles. The Morgan fingerprint density at radius 1 is 1.47 bits per heavy atom. The van der Waals surface area contributed by atoms with E-state index in [9.17, 15) is 14.9 Å². The van der Waals surface area contributed by atoms with Crippen molar-refractivity contribution < 1.29 is 14.5 Å². The van der Waals surface area contributed by atoms with Crippen LogP contribution in [0.3, 0.4) is 0 Å². The SMILES string of the molecule is COC(=O)/C(=C\c1c[nH]c2cc(C)ccc12)[N+](=O)[O-]. The molecule has 0 fully saturated rings. The van der Waals surface area contributed by atoms with Crippen molar-refractivity contribution >= 4 is 22.9 Å². The van der Waals surface area contributed by atoms with E-state index in [0.29, 0.717) is 5.56 Å². The van der Waals surface area contributed by atoms with Gasteiger partial charge in [0.25, 0.3) is 0 Å². The Morgan fingerprint density at radius 2 is 2.21 bits per heavy atom. The zero-order chi connectivity index (χ0) is 14.0. The number of nitrogens with one attached hydrogen (secondary N) is 1. The maximum absolute atomic E-state index is 11.3. The van der Waals surface area contributed by atoms with Gasteiger partial charge >= 0.3 is 11.7 Å². The van der Waals surface area contributed by atoms with Crippen molar-refractivity contribution in [2.24, 2.45) is 0 Å². The lowest BCUT2D eigenvalue weighted by molar-refractivity contribution is -0.419. The van der Waals surface area contributed by atoms with E-state index in [4.69, 9.17) is 0 Å². The molecule has 1 N–H and O–H groups in total. The van der Waals surface area contributed by atoms with Gasteiger partial charge in [0, 0.05) is 28.7 Å². The third-order valence-electron chi connectivity index (χ3n) is 2.75. The van der Waals surface area contributed by atoms with Gasteiger partial charge in [-0.15, -0.1) is 0 Å². The van der Waals surface area contributed by atoms with E-state index in [1.165, 1.54) is 6.08 Å². The number of aromatic amines is 1. The molecule has 98 valence electrons. The Morgan fingerprint density at radius 3 is 2.84 bits per heavy atom. The number of ether oxygens (including phenoxy) is 1. The summed E-state index contributed by atoms with van der Waals surface area (Å²) in [6, 6.07) is 5.68. The lowest BCUT2D eigenvalue weighted by atomic mass is 10.1. The van der Waals surface area contributed by atoms with E-state index in [1.54, 1.807) is 6.20 Å². The molecule has 0 aliphatic heterocycles. The lowest BCUT2D eigenvalue weighted by Gasteiger charge is -1.97. The van der Waals surface area contributed by atoms with Crippen LogP contribution in [0.4, 0.5) is 0 Å². The van der Waals surface area contributed by atoms with Crippen molar-refractivity contribution in [3.05, 3.63) is 51.3 Å². The van der Waals surface area contributed by atoms with Crippen molar-refractivity contribution in [2.75, 3.05) is 7.11 Å². The Kier molecular flexibility index (Phi) is 3.33. The average Bonchev–Trinajstić information content (AvgIpc) is 2.76. The first-order chi connectivity index (χ1) is 9.02. The van der Waals surface area contributed by atoms with Gasteiger partial charge in [-0.25, -0.2) is 4.79 Å². The first-order valence-corrected chi connectivity index (χ1v) is 5.55. The van der Waals surface area contributed by atoms with E-state index in [2.05, 4.69) is 9.72 Å². The number of carbonyl (C=O) groups is 1. The van der Waals surface area contributed by atoms with E-state index >= 15 is 0 Å². The zero-order valence-electron chi connectivity index (χ0n) is 10.5. The number of aromatic nitrogens is 1. The van der Waals surface area contributed by atoms with Gasteiger partial charge < -0.3 is 9.72 Å². The van der Waals surface area contributed by atoms with E-state index < -0.39 is 16.6 Å². The molecule has 6 nitrogen and oxygen atoms in total. The topological polar surface area (TPSA) is 85.2 Å². The van der Waals surface area contributed by atoms with Crippen LogP contribution in [0.1, 0.15) is 11.1 Å². The van der Waals surface area contributed by atoms with Crippen LogP contribution in [0.15, 0.2) is 30.1 Å². The predicted octanol–water partition coefficient (Wildman–Crippen LogP) is 2.27. The number of fused-ring (bicyclic) bond motifs is 1. The maximum atomic E-state index is 11.3. The number of benzene rings is 1. The summed E-state index contributed by atoms with van der Waals surface area (Å²) in [6.07, 6.45) is 2.83. The molecule has 0 aliphatic carbocycles. The minimum Gasteiger partial charge on any atom is -0.461 e. The van der Waals surface area contributed by atoms with Crippen molar-refractivity contribution in [2.45, 2.75) is 6.92 Å². The number of hydrogen-bond donors (Lipinski definition) is 1. The Bertz CT molecular complexity index is 685. The second-order valence-corrected chi connectivity index (χ2v) is 4.07. The van der Waals surface area contributed by atoms with Crippen LogP contribution in [0.25, 0.3) is 17.0 Å². The maximum Gasteiger partial charge on any atom is 0.409 e. The molecule has 0 unspecified atom stereocenters. The van der Waals surface area contributed by atoms with Crippen molar-refractivity contribution in [3.63, 3.8) is 0 Å². The van der Waals surface area contributed by atoms with Gasteiger partial charge in [0.15, 0.2) is 0 Å². The molecule has 0 amide bonds. The molecule has 2 aromatic rings. The summed E-state index contributed by atoms with van der Waals surface area (Å²) in [5, 5.41) is 11.7. The molecular formula is C13H12N2O4. The van der Waals surface area contributed by atoms with Gasteiger partial charge in [-0.2, -0.15) is 0 Å². The normalized spacial score (nSPS) is 11.6. The highest BCUT2D eigenvalue weighted by atomic mass is 16.6. The smallest absolute Gasteiger partial charge is 0.409 e. The van der Waals surface area contributed by atoms with Crippen LogP contribution in [0.5, 0.6) is 0 Å². The molecule has 2 rings (SSSR count). The third-order valence-corrected chi connectivity index (χ3v) is 2.75. The first-order valence-electron chi connectivity index (χ1n) is 5.55. The number of esters is 1. The van der Waals surface area contributed by atoms with Crippen LogP contribution < -0.4 is 0 Å². The average molecular weight is 260 g/mol. The molecule has 0 aliphatic rings. The summed E-state index contributed by atoms with van der Waals surface area (Å²) in [4.78, 5) is 24.4. The minimum atomic E-state index is -0.966. The van der Waals surface area contributed by atoms with Gasteiger partial charge in [-0.05, 0) is 18.6 Å². The van der Waals surface area contributed by atoms with Gasteiger partial charge in [0.1, 0.15) is 0 Å². The molecular weight excluding hydrogens is 248 g/mol. The predicted molar refractivity (Wildman–Crippen MR) is 70.0 cm³/mol. The van der Waals surface area contributed by atoms with Gasteiger partial charge in [0.2, 0.25) is 0 Å². The third kappa shape index (κ3) is 2.47. The summed E-state index contributed by atoms with van der Waals surface area (Å²) in [6.45, 7) is 1.95. The number of nitro groups is 1. The molecule has 1 aromatic carbocycles. The second kappa shape index (κ2) is 4.93. The molecule has 0 spiro atoms. The summed E-state index contributed by atoms with van der Waals surface area (Å²) in [7, 11) is 1.11. The molecule has 0 bridgehead atoms. The highest BCUT2D eigenvalue weighted by molar-refractivity contribution is 5.96. The van der Waals surface area contributed by atoms with Crippen LogP contribution in [-0.2, 0) is 9.53 Å². The number of carbonyl (C=O) groups excluding carboxylic acids is 1. The van der Waals surface area contributed by atoms with Gasteiger partial charge in [-0.3, -0.25) is 10.1 Å². The first kappa shape index (κ1) is 12.8. The zero-order valence-corrected chi connectivity index (χ0v) is 10.5. The van der Waals surface area contributed by atoms with Crippen LogP contribution in [-0.4, -0.2) is 23.0 Å². The fourth-order valence-electron chi connectivity index (χ4n) is 1.82. The number of aryl methyl sites for hydroxylation is 1. The Hall–Kier alpha value is -2.63. The fourth-order valence-corrected chi connectivity index (χ4v) is 1.82. The molecule has 0 atom stereocenters. The fraction of sp³-hybridized carbons (Fsp3) is 0.154. The molecule has 0 saturated heterocycles. The van der Waals surface area contributed by atoms with Crippen LogP contribution in [0.2, 0.25) is 0 Å². The number of hydrogen-bond acceptors (Lipinski definition) is 4. The second-order valence-electron chi connectivity index (χ2n) is 4.07. The summed E-state index contributed by atoms with van der Waals surface area (Å²) >= 11 is 0. The standard InChI is InChI=1S/C13H12N2O4/c1-8-3-4-10-9(7-14-11(10)5-8)6-12(15(17)18)13(16)19-2/h3-7,14H,1-2H3/b12-6+. The summed E-state index contributed by atoms with van der Waals surface area (Å²) < 4.78 is 4.39. The molecule has 1 aromatic heterocycles. The molecule has 6 heteroatoms. The quantitative estimate of drug-likeness (QED) is 0.397. The van der Waals surface area contributed by atoms with Crippen molar-refractivity contribution in [1.29, 1.82) is 0 Å². The minimum absolute atomic E-state index is 0.576. The number of nitrogens with zero attached hydrogens (tertiary/aromatic N) is 1. The number of H-pyrrole nitrogens is 1. The highest BCUT2D eigenvalue weighted by Gasteiger charge is 2.23. The van der Waals surface area contributed by atoms with E-state index in [0.717, 1.165) is 23.6 Å². The summed E-state index contributed by atoms with van der Waals surface area (Å²) in [5.41, 5.74) is 1.92. The lowest BCUT2D eigenvalue weighted by Crippen LogP contribution is -2.12. The van der Waals surface area contributed by atoms with Crippen LogP contribution >= 0.6 is 0 Å². The monoisotopic (exact) mass is 260 g/mol. The van der Waals surface area contributed by atoms with Crippen molar-refractivity contribution in [1.82, 2.24) is 4.98 Å². The van der Waals surface area contributed by atoms with E-state index in [1.807, 2.05) is 25.1 Å². The van der Waals surface area contributed by atoms with Crippen LogP contribution in [0, 0.1) is 17.0 Å². The number of rotatable bonds is 3. The summed E-state index contributed by atoms with van der Waals surface area (Å²) in [5.74, 6) is -0.966. The highest BCUT2D eigenvalue weighted by Crippen LogP contribution is 2.22. The van der Waals surface area contributed by atoms with Gasteiger partial charge in [-0.1, -0.05) is 12.1 Å². The molecule has 0 saturated carbocycles. The van der Waals surface area contributed by atoms with E-state index in [-0.39, 0.29) is 0 Å². The Labute approximate surface area is 108 Å². The number of methoxy groups -OCH3 is 1.